The first-order valence-corrected chi connectivity index (χ1v) is 8.55. The van der Waals surface area contributed by atoms with Crippen molar-refractivity contribution in [1.29, 1.82) is 0 Å². The zero-order valence-corrected chi connectivity index (χ0v) is 14.2. The van der Waals surface area contributed by atoms with E-state index in [4.69, 9.17) is 0 Å². The normalized spacial score (nSPS) is 19.2. The Balaban J connectivity index is 1.50. The van der Waals surface area contributed by atoms with Crippen molar-refractivity contribution >= 4 is 17.5 Å². The molecule has 1 aromatic heterocycles. The summed E-state index contributed by atoms with van der Waals surface area (Å²) in [5.41, 5.74) is 2.32. The van der Waals surface area contributed by atoms with E-state index in [-0.39, 0.29) is 23.5 Å². The molecule has 2 aliphatic rings. The lowest BCUT2D eigenvalue weighted by atomic mass is 10.1. The predicted octanol–water partition coefficient (Wildman–Crippen LogP) is 1.45. The monoisotopic (exact) mass is 339 g/mol. The van der Waals surface area contributed by atoms with Gasteiger partial charge in [0, 0.05) is 44.8 Å². The van der Waals surface area contributed by atoms with E-state index >= 15 is 0 Å². The second kappa shape index (κ2) is 6.23. The largest absolute Gasteiger partial charge is 0.366 e. The fraction of sp³-hybridized carbons (Fsp3) is 0.389. The van der Waals surface area contributed by atoms with Crippen LogP contribution in [0.4, 0.5) is 16.3 Å². The van der Waals surface area contributed by atoms with Crippen LogP contribution in [0.25, 0.3) is 0 Å². The molecular weight excluding hydrogens is 318 g/mol. The molecule has 1 atom stereocenters. The summed E-state index contributed by atoms with van der Waals surface area (Å²) in [5, 5.41) is 2.67. The van der Waals surface area contributed by atoms with Crippen molar-refractivity contribution in [2.45, 2.75) is 18.9 Å². The van der Waals surface area contributed by atoms with Crippen molar-refractivity contribution in [3.8, 4) is 0 Å². The molecule has 1 unspecified atom stereocenters. The van der Waals surface area contributed by atoms with E-state index in [0.717, 1.165) is 19.4 Å². The summed E-state index contributed by atoms with van der Waals surface area (Å²) in [7, 11) is 1.64. The summed E-state index contributed by atoms with van der Waals surface area (Å²) < 4.78 is 1.40. The van der Waals surface area contributed by atoms with Gasteiger partial charge in [-0.25, -0.2) is 9.78 Å². The summed E-state index contributed by atoms with van der Waals surface area (Å²) in [6.07, 6.45) is 4.93. The summed E-state index contributed by atoms with van der Waals surface area (Å²) in [5.74, 6) is 0.0748. The van der Waals surface area contributed by atoms with Gasteiger partial charge in [0.25, 0.3) is 5.56 Å². The van der Waals surface area contributed by atoms with Crippen molar-refractivity contribution in [3.63, 3.8) is 0 Å². The maximum Gasteiger partial charge on any atom is 0.323 e. The summed E-state index contributed by atoms with van der Waals surface area (Å²) >= 11 is 0. The summed E-state index contributed by atoms with van der Waals surface area (Å²) in [6.45, 7) is 2.26. The van der Waals surface area contributed by atoms with Gasteiger partial charge < -0.3 is 14.4 Å². The minimum absolute atomic E-state index is 0.0748. The fourth-order valence-corrected chi connectivity index (χ4v) is 3.72. The number of carbonyl (C=O) groups is 1. The van der Waals surface area contributed by atoms with Crippen LogP contribution < -0.4 is 15.8 Å². The fourth-order valence-electron chi connectivity index (χ4n) is 3.72. The first-order chi connectivity index (χ1) is 12.1. The number of aryl methyl sites for hydroxylation is 1. The number of rotatable bonds is 1. The molecule has 0 spiro atoms. The van der Waals surface area contributed by atoms with Crippen LogP contribution in [0.5, 0.6) is 0 Å². The summed E-state index contributed by atoms with van der Waals surface area (Å²) in [6, 6.07) is 8.47. The topological polar surface area (TPSA) is 70.5 Å². The van der Waals surface area contributed by atoms with Crippen LogP contribution in [0.1, 0.15) is 12.0 Å². The Bertz CT molecular complexity index is 863. The Morgan fingerprint density at radius 2 is 2.12 bits per heavy atom. The van der Waals surface area contributed by atoms with Crippen molar-refractivity contribution < 1.29 is 4.79 Å². The van der Waals surface area contributed by atoms with E-state index in [1.807, 2.05) is 0 Å². The number of nitrogens with zero attached hydrogens (tertiary/aromatic N) is 4. The average molecular weight is 339 g/mol. The zero-order valence-electron chi connectivity index (χ0n) is 14.2. The zero-order chi connectivity index (χ0) is 17.4. The third-order valence-corrected chi connectivity index (χ3v) is 4.98. The van der Waals surface area contributed by atoms with Crippen molar-refractivity contribution in [2.75, 3.05) is 29.9 Å². The number of urea groups is 1. The van der Waals surface area contributed by atoms with Crippen molar-refractivity contribution in [3.05, 3.63) is 52.6 Å². The molecule has 2 aromatic rings. The number of benzene rings is 1. The van der Waals surface area contributed by atoms with Crippen LogP contribution in [0.15, 0.2) is 41.5 Å². The maximum atomic E-state index is 12.7. The number of hydrogen-bond acceptors (Lipinski definition) is 4. The molecule has 0 radical (unpaired) electrons. The first-order valence-electron chi connectivity index (χ1n) is 8.55. The van der Waals surface area contributed by atoms with Gasteiger partial charge in [0.1, 0.15) is 0 Å². The number of amides is 2. The van der Waals surface area contributed by atoms with Gasteiger partial charge >= 0.3 is 6.03 Å². The second-order valence-electron chi connectivity index (χ2n) is 6.60. The lowest BCUT2D eigenvalue weighted by Gasteiger charge is -2.27. The highest BCUT2D eigenvalue weighted by Crippen LogP contribution is 2.33. The first kappa shape index (κ1) is 15.7. The van der Waals surface area contributed by atoms with Crippen LogP contribution in [0.2, 0.25) is 0 Å². The molecule has 3 heterocycles. The van der Waals surface area contributed by atoms with Gasteiger partial charge in [-0.3, -0.25) is 10.1 Å². The van der Waals surface area contributed by atoms with Crippen LogP contribution in [-0.4, -0.2) is 46.2 Å². The molecular formula is C18H21N5O2. The van der Waals surface area contributed by atoms with Gasteiger partial charge in [0.05, 0.1) is 6.04 Å². The Hall–Kier alpha value is -2.83. The average Bonchev–Trinajstić information content (AvgIpc) is 2.81. The SMILES string of the molecule is Cn1ccnc(NC(=O)N2CCCN3c4ccccc4CC3C2)c1=O. The van der Waals surface area contributed by atoms with E-state index in [0.29, 0.717) is 13.1 Å². The maximum absolute atomic E-state index is 12.7. The van der Waals surface area contributed by atoms with E-state index in [1.165, 1.54) is 22.0 Å². The third-order valence-electron chi connectivity index (χ3n) is 4.98. The van der Waals surface area contributed by atoms with Crippen molar-refractivity contribution in [2.24, 2.45) is 7.05 Å². The van der Waals surface area contributed by atoms with Gasteiger partial charge in [0.2, 0.25) is 5.82 Å². The number of carbonyl (C=O) groups excluding carboxylic acids is 1. The molecule has 1 aromatic carbocycles. The van der Waals surface area contributed by atoms with Gasteiger partial charge in [-0.15, -0.1) is 0 Å². The Morgan fingerprint density at radius 1 is 1.28 bits per heavy atom. The molecule has 0 bridgehead atoms. The molecule has 7 nitrogen and oxygen atoms in total. The molecule has 1 saturated heterocycles. The number of nitrogens with one attached hydrogen (secondary N) is 1. The van der Waals surface area contributed by atoms with Gasteiger partial charge in [-0.1, -0.05) is 18.2 Å². The summed E-state index contributed by atoms with van der Waals surface area (Å²) in [4.78, 5) is 32.9. The second-order valence-corrected chi connectivity index (χ2v) is 6.60. The van der Waals surface area contributed by atoms with Crippen LogP contribution >= 0.6 is 0 Å². The molecule has 2 amide bonds. The van der Waals surface area contributed by atoms with Crippen LogP contribution in [-0.2, 0) is 13.5 Å². The van der Waals surface area contributed by atoms with E-state index < -0.39 is 0 Å². The molecule has 0 aliphatic carbocycles. The molecule has 0 saturated carbocycles. The smallest absolute Gasteiger partial charge is 0.323 e. The molecule has 2 aliphatic heterocycles. The lowest BCUT2D eigenvalue weighted by molar-refractivity contribution is 0.211. The van der Waals surface area contributed by atoms with E-state index in [9.17, 15) is 9.59 Å². The molecule has 4 rings (SSSR count). The highest BCUT2D eigenvalue weighted by molar-refractivity contribution is 5.88. The molecule has 7 heteroatoms. The third kappa shape index (κ3) is 2.86. The number of fused-ring (bicyclic) bond motifs is 3. The Kier molecular flexibility index (Phi) is 3.91. The number of para-hydroxylation sites is 1. The predicted molar refractivity (Wildman–Crippen MR) is 96.0 cm³/mol. The van der Waals surface area contributed by atoms with Crippen molar-refractivity contribution in [1.82, 2.24) is 14.5 Å². The molecule has 130 valence electrons. The number of hydrogen-bond donors (Lipinski definition) is 1. The van der Waals surface area contributed by atoms with E-state index in [2.05, 4.69) is 39.5 Å². The minimum atomic E-state index is -0.305. The molecule has 1 fully saturated rings. The highest BCUT2D eigenvalue weighted by Gasteiger charge is 2.33. The Labute approximate surface area is 145 Å². The van der Waals surface area contributed by atoms with Gasteiger partial charge in [-0.2, -0.15) is 0 Å². The minimum Gasteiger partial charge on any atom is -0.366 e. The standard InChI is InChI=1S/C18H21N5O2/c1-21-10-7-19-16(17(21)24)20-18(25)22-8-4-9-23-14(12-22)11-13-5-2-3-6-15(13)23/h2-3,5-7,10,14H,4,8-9,11-12H2,1H3,(H,19,20,25). The van der Waals surface area contributed by atoms with Gasteiger partial charge in [0.15, 0.2) is 0 Å². The van der Waals surface area contributed by atoms with Gasteiger partial charge in [-0.05, 0) is 24.5 Å². The quantitative estimate of drug-likeness (QED) is 0.854. The molecule has 1 N–H and O–H groups in total. The van der Waals surface area contributed by atoms with E-state index in [1.54, 1.807) is 18.1 Å². The number of aromatic nitrogens is 2. The highest BCUT2D eigenvalue weighted by atomic mass is 16.2. The Morgan fingerprint density at radius 3 is 3.00 bits per heavy atom. The van der Waals surface area contributed by atoms with Crippen LogP contribution in [0, 0.1) is 0 Å². The van der Waals surface area contributed by atoms with Crippen LogP contribution in [0.3, 0.4) is 0 Å². The lowest BCUT2D eigenvalue weighted by Crippen LogP contribution is -2.43. The molecule has 25 heavy (non-hydrogen) atoms. The number of anilines is 2.